The van der Waals surface area contributed by atoms with Crippen LogP contribution in [0, 0.1) is 17.2 Å². The monoisotopic (exact) mass is 382 g/mol. The average Bonchev–Trinajstić information content (AvgIpc) is 3.23. The fraction of sp³-hybridized carbons (Fsp3) is 0.545. The van der Waals surface area contributed by atoms with Gasteiger partial charge in [-0.1, -0.05) is 12.1 Å². The Balaban J connectivity index is 1.29. The second-order valence-electron chi connectivity index (χ2n) is 8.82. The largest absolute Gasteiger partial charge is 0.342 e. The van der Waals surface area contributed by atoms with Crippen LogP contribution in [0.15, 0.2) is 30.5 Å². The van der Waals surface area contributed by atoms with Gasteiger partial charge in [-0.05, 0) is 56.7 Å². The van der Waals surface area contributed by atoms with Crippen LogP contribution in [0.2, 0.25) is 0 Å². The third-order valence-corrected chi connectivity index (χ3v) is 6.66. The maximum Gasteiger partial charge on any atom is 0.230 e. The first-order valence-electron chi connectivity index (χ1n) is 10.4. The van der Waals surface area contributed by atoms with Crippen molar-refractivity contribution in [2.75, 3.05) is 26.2 Å². The summed E-state index contributed by atoms with van der Waals surface area (Å²) in [7, 11) is 0. The Morgan fingerprint density at radius 2 is 2.14 bits per heavy atom. The SMILES string of the molecule is O=C1N(CC2CC2)CCCC12CCN(Cc1cn[nH]c1-c1cccc(F)c1)C2. The summed E-state index contributed by atoms with van der Waals surface area (Å²) >= 11 is 0. The molecule has 2 saturated heterocycles. The number of hydrogen-bond donors (Lipinski definition) is 1. The molecule has 28 heavy (non-hydrogen) atoms. The van der Waals surface area contributed by atoms with Crippen molar-refractivity contribution >= 4 is 5.91 Å². The van der Waals surface area contributed by atoms with E-state index >= 15 is 0 Å². The lowest BCUT2D eigenvalue weighted by atomic mass is 9.78. The molecule has 1 aromatic carbocycles. The number of aromatic nitrogens is 2. The van der Waals surface area contributed by atoms with Gasteiger partial charge in [0.05, 0.1) is 17.3 Å². The predicted octanol–water partition coefficient (Wildman–Crippen LogP) is 3.44. The van der Waals surface area contributed by atoms with Crippen LogP contribution in [0.1, 0.15) is 37.7 Å². The van der Waals surface area contributed by atoms with E-state index < -0.39 is 0 Å². The molecule has 3 heterocycles. The zero-order valence-corrected chi connectivity index (χ0v) is 16.2. The highest BCUT2D eigenvalue weighted by atomic mass is 19.1. The topological polar surface area (TPSA) is 52.2 Å². The molecule has 1 unspecified atom stereocenters. The molecular formula is C22H27FN4O. The van der Waals surface area contributed by atoms with E-state index in [1.165, 1.54) is 25.0 Å². The number of H-pyrrole nitrogens is 1. The van der Waals surface area contributed by atoms with Gasteiger partial charge in [0.1, 0.15) is 5.82 Å². The normalized spacial score (nSPS) is 25.8. The Labute approximate surface area is 164 Å². The highest BCUT2D eigenvalue weighted by molar-refractivity contribution is 5.84. The predicted molar refractivity (Wildman–Crippen MR) is 105 cm³/mol. The number of rotatable bonds is 5. The summed E-state index contributed by atoms with van der Waals surface area (Å²) in [6, 6.07) is 6.59. The van der Waals surface area contributed by atoms with Crippen LogP contribution in [0.5, 0.6) is 0 Å². The first kappa shape index (κ1) is 17.9. The lowest BCUT2D eigenvalue weighted by Gasteiger charge is -2.39. The van der Waals surface area contributed by atoms with Crippen LogP contribution >= 0.6 is 0 Å². The fourth-order valence-electron chi connectivity index (χ4n) is 4.98. The fourth-order valence-corrected chi connectivity index (χ4v) is 4.98. The Morgan fingerprint density at radius 1 is 1.25 bits per heavy atom. The summed E-state index contributed by atoms with van der Waals surface area (Å²) in [5, 5.41) is 7.21. The van der Waals surface area contributed by atoms with E-state index in [4.69, 9.17) is 0 Å². The summed E-state index contributed by atoms with van der Waals surface area (Å²) in [5.74, 6) is 0.879. The summed E-state index contributed by atoms with van der Waals surface area (Å²) in [5.41, 5.74) is 2.54. The van der Waals surface area contributed by atoms with Crippen LogP contribution in [-0.2, 0) is 11.3 Å². The summed E-state index contributed by atoms with van der Waals surface area (Å²) < 4.78 is 13.6. The van der Waals surface area contributed by atoms with E-state index in [9.17, 15) is 9.18 Å². The van der Waals surface area contributed by atoms with E-state index in [0.717, 1.165) is 74.7 Å². The molecule has 1 atom stereocenters. The number of amides is 1. The van der Waals surface area contributed by atoms with E-state index in [2.05, 4.69) is 20.0 Å². The van der Waals surface area contributed by atoms with Crippen molar-refractivity contribution in [2.24, 2.45) is 11.3 Å². The van der Waals surface area contributed by atoms with Gasteiger partial charge in [-0.15, -0.1) is 0 Å². The van der Waals surface area contributed by atoms with Crippen molar-refractivity contribution in [3.8, 4) is 11.3 Å². The lowest BCUT2D eigenvalue weighted by molar-refractivity contribution is -0.145. The molecule has 5 rings (SSSR count). The number of carbonyl (C=O) groups is 1. The number of aromatic amines is 1. The molecular weight excluding hydrogens is 355 g/mol. The van der Waals surface area contributed by atoms with E-state index in [1.54, 1.807) is 6.07 Å². The minimum absolute atomic E-state index is 0.199. The van der Waals surface area contributed by atoms with Crippen molar-refractivity contribution in [3.63, 3.8) is 0 Å². The molecule has 5 nitrogen and oxygen atoms in total. The van der Waals surface area contributed by atoms with Crippen LogP contribution in [0.4, 0.5) is 4.39 Å². The van der Waals surface area contributed by atoms with E-state index in [1.807, 2.05) is 12.3 Å². The number of nitrogens with zero attached hydrogens (tertiary/aromatic N) is 3. The first-order valence-corrected chi connectivity index (χ1v) is 10.4. The van der Waals surface area contributed by atoms with Crippen LogP contribution in [0.25, 0.3) is 11.3 Å². The lowest BCUT2D eigenvalue weighted by Crippen LogP contribution is -2.50. The number of halogens is 1. The van der Waals surface area contributed by atoms with Gasteiger partial charge in [-0.25, -0.2) is 4.39 Å². The maximum atomic E-state index is 13.6. The molecule has 1 spiro atoms. The van der Waals surface area contributed by atoms with Gasteiger partial charge < -0.3 is 4.90 Å². The molecule has 6 heteroatoms. The van der Waals surface area contributed by atoms with Crippen LogP contribution < -0.4 is 0 Å². The van der Waals surface area contributed by atoms with Gasteiger partial charge in [0.2, 0.25) is 5.91 Å². The second-order valence-corrected chi connectivity index (χ2v) is 8.82. The molecule has 1 aromatic heterocycles. The third kappa shape index (κ3) is 3.34. The van der Waals surface area contributed by atoms with Crippen LogP contribution in [-0.4, -0.2) is 52.1 Å². The Bertz CT molecular complexity index is 877. The molecule has 3 aliphatic rings. The standard InChI is InChI=1S/C22H27FN4O/c23-19-4-1-3-17(11-19)20-18(12-24-25-20)14-26-10-8-22(15-26)7-2-9-27(21(22)28)13-16-5-6-16/h1,3-4,11-12,16H,2,5-10,13-15H2,(H,24,25). The van der Waals surface area contributed by atoms with Crippen LogP contribution in [0.3, 0.4) is 0 Å². The molecule has 0 bridgehead atoms. The molecule has 3 fully saturated rings. The number of benzene rings is 1. The van der Waals surface area contributed by atoms with Gasteiger partial charge in [0, 0.05) is 37.3 Å². The number of likely N-dealkylation sites (tertiary alicyclic amines) is 2. The van der Waals surface area contributed by atoms with E-state index in [0.29, 0.717) is 5.91 Å². The second kappa shape index (κ2) is 6.99. The van der Waals surface area contributed by atoms with Gasteiger partial charge in [-0.2, -0.15) is 5.10 Å². The highest BCUT2D eigenvalue weighted by Crippen LogP contribution is 2.42. The molecule has 1 amide bonds. The third-order valence-electron chi connectivity index (χ3n) is 6.66. The summed E-state index contributed by atoms with van der Waals surface area (Å²) in [6.07, 6.45) is 7.46. The van der Waals surface area contributed by atoms with E-state index in [-0.39, 0.29) is 11.2 Å². The van der Waals surface area contributed by atoms with Crippen molar-refractivity contribution in [1.82, 2.24) is 20.0 Å². The number of nitrogens with one attached hydrogen (secondary N) is 1. The number of hydrogen-bond acceptors (Lipinski definition) is 3. The molecule has 1 N–H and O–H groups in total. The van der Waals surface area contributed by atoms with Gasteiger partial charge in [0.15, 0.2) is 0 Å². The minimum Gasteiger partial charge on any atom is -0.342 e. The quantitative estimate of drug-likeness (QED) is 0.862. The van der Waals surface area contributed by atoms with Gasteiger partial charge in [0.25, 0.3) is 0 Å². The molecule has 148 valence electrons. The number of piperidine rings is 1. The van der Waals surface area contributed by atoms with Crippen molar-refractivity contribution in [1.29, 1.82) is 0 Å². The molecule has 1 saturated carbocycles. The Hall–Kier alpha value is -2.21. The average molecular weight is 382 g/mol. The van der Waals surface area contributed by atoms with Crippen molar-refractivity contribution in [2.45, 2.75) is 38.6 Å². The molecule has 1 aliphatic carbocycles. The smallest absolute Gasteiger partial charge is 0.230 e. The Morgan fingerprint density at radius 3 is 2.96 bits per heavy atom. The number of carbonyl (C=O) groups excluding carboxylic acids is 1. The maximum absolute atomic E-state index is 13.6. The highest BCUT2D eigenvalue weighted by Gasteiger charge is 2.48. The van der Waals surface area contributed by atoms with Gasteiger partial charge >= 0.3 is 0 Å². The zero-order chi connectivity index (χ0) is 19.1. The Kier molecular flexibility index (Phi) is 4.46. The minimum atomic E-state index is -0.248. The molecule has 2 aromatic rings. The summed E-state index contributed by atoms with van der Waals surface area (Å²) in [4.78, 5) is 17.7. The molecule has 2 aliphatic heterocycles. The summed E-state index contributed by atoms with van der Waals surface area (Å²) in [6.45, 7) is 4.38. The molecule has 0 radical (unpaired) electrons. The van der Waals surface area contributed by atoms with Crippen molar-refractivity contribution in [3.05, 3.63) is 41.8 Å². The van der Waals surface area contributed by atoms with Crippen molar-refractivity contribution < 1.29 is 9.18 Å². The van der Waals surface area contributed by atoms with Gasteiger partial charge in [-0.3, -0.25) is 14.8 Å². The zero-order valence-electron chi connectivity index (χ0n) is 16.2. The first-order chi connectivity index (χ1) is 13.6.